The van der Waals surface area contributed by atoms with Gasteiger partial charge in [0, 0.05) is 96.1 Å². The lowest BCUT2D eigenvalue weighted by molar-refractivity contribution is -0.133. The first kappa shape index (κ1) is 51.1. The summed E-state index contributed by atoms with van der Waals surface area (Å²) in [4.78, 5) is 79.1. The van der Waals surface area contributed by atoms with Gasteiger partial charge in [0.2, 0.25) is 12.3 Å². The molecule has 15 nitrogen and oxygen atoms in total. The second kappa shape index (κ2) is 27.6. The van der Waals surface area contributed by atoms with Crippen LogP contribution in [0.15, 0.2) is 49.1 Å². The molecule has 63 heavy (non-hydrogen) atoms. The van der Waals surface area contributed by atoms with Gasteiger partial charge in [-0.05, 0) is 68.9 Å². The number of aryl methyl sites for hydroxylation is 1. The van der Waals surface area contributed by atoms with Crippen LogP contribution in [-0.4, -0.2) is 169 Å². The van der Waals surface area contributed by atoms with Crippen LogP contribution < -0.4 is 15.0 Å². The average Bonchev–Trinajstić information content (AvgIpc) is 3.29. The number of likely N-dealkylation sites (N-methyl/N-ethyl adjacent to an activating group) is 2. The molecule has 1 saturated carbocycles. The molecule has 0 spiro atoms. The number of hydrogen-bond acceptors (Lipinski definition) is 13. The maximum Gasteiger partial charge on any atom is 0.242 e. The predicted octanol–water partition coefficient (Wildman–Crippen LogP) is 4.45. The summed E-state index contributed by atoms with van der Waals surface area (Å²) in [5, 5.41) is 2.68. The summed E-state index contributed by atoms with van der Waals surface area (Å²) in [5.74, 6) is -2.17. The van der Waals surface area contributed by atoms with Crippen molar-refractivity contribution in [1.82, 2.24) is 20.0 Å². The van der Waals surface area contributed by atoms with Crippen molar-refractivity contribution in [3.63, 3.8) is 0 Å². The molecule has 1 unspecified atom stereocenters. The van der Waals surface area contributed by atoms with Gasteiger partial charge < -0.3 is 39.0 Å². The number of aldehydes is 1. The van der Waals surface area contributed by atoms with Crippen LogP contribution in [0.25, 0.3) is 0 Å². The molecule has 2 saturated heterocycles. The van der Waals surface area contributed by atoms with Crippen molar-refractivity contribution in [3.05, 3.63) is 70.8 Å². The Kier molecular flexibility index (Phi) is 22.4. The molecule has 1 aliphatic carbocycles. The quantitative estimate of drug-likeness (QED) is 0.0518. The normalized spacial score (nSPS) is 17.0. The number of amides is 2. The van der Waals surface area contributed by atoms with E-state index in [9.17, 15) is 28.8 Å². The Morgan fingerprint density at radius 3 is 2.06 bits per heavy atom. The highest BCUT2D eigenvalue weighted by molar-refractivity contribution is 6.37. The minimum atomic E-state index is -1.25. The zero-order valence-electron chi connectivity index (χ0n) is 37.2. The minimum absolute atomic E-state index is 0.0448. The van der Waals surface area contributed by atoms with Crippen molar-refractivity contribution in [2.75, 3.05) is 111 Å². The second-order valence-corrected chi connectivity index (χ2v) is 16.3. The number of piperazine rings is 1. The Morgan fingerprint density at radius 1 is 0.889 bits per heavy atom. The standard InChI is InChI=1S/C38H50ClN3O8.C9H16N2O2/c1-28-8-9-30(26-29(28)27-43)42-16-14-41(15-17-42)19-21-48-23-25-49-24-22-47-20-18-40-12-10-31(11-13-40)50-35-7-2-4-32(37(35)39)38(46)36-33(44)5-3-6-34(36)45;1-4-5-6-8(9(13)10-2)11(3)7-12/h2,4,7-9,26-27,31,36H,3,5-6,10-25H2,1H3;4,7-8H,1,5-6H2,2-3H3,(H,10,13). The van der Waals surface area contributed by atoms with Crippen LogP contribution in [0.3, 0.4) is 0 Å². The molecule has 1 atom stereocenters. The third-order valence-electron chi connectivity index (χ3n) is 11.6. The van der Waals surface area contributed by atoms with Crippen molar-refractivity contribution < 1.29 is 47.7 Å². The number of piperidine rings is 1. The lowest BCUT2D eigenvalue weighted by atomic mass is 9.81. The molecule has 2 aromatic carbocycles. The molecular weight excluding hydrogens is 830 g/mol. The van der Waals surface area contributed by atoms with Gasteiger partial charge >= 0.3 is 0 Å². The van der Waals surface area contributed by atoms with E-state index in [1.807, 2.05) is 19.1 Å². The number of halogens is 1. The van der Waals surface area contributed by atoms with Crippen molar-refractivity contribution in [1.29, 1.82) is 0 Å². The summed E-state index contributed by atoms with van der Waals surface area (Å²) in [5.41, 5.74) is 3.04. The molecule has 0 aromatic heterocycles. The van der Waals surface area contributed by atoms with Crippen LogP contribution in [0.5, 0.6) is 5.75 Å². The van der Waals surface area contributed by atoms with Gasteiger partial charge in [0.15, 0.2) is 17.3 Å². The minimum Gasteiger partial charge on any atom is -0.489 e. The maximum absolute atomic E-state index is 13.1. The first-order chi connectivity index (χ1) is 30.5. The fourth-order valence-electron chi connectivity index (χ4n) is 7.72. The van der Waals surface area contributed by atoms with Gasteiger partial charge in [-0.1, -0.05) is 29.8 Å². The lowest BCUT2D eigenvalue weighted by Gasteiger charge is -2.36. The number of ether oxygens (including phenoxy) is 4. The summed E-state index contributed by atoms with van der Waals surface area (Å²) >= 11 is 6.56. The van der Waals surface area contributed by atoms with E-state index < -0.39 is 11.7 Å². The van der Waals surface area contributed by atoms with Gasteiger partial charge in [-0.25, -0.2) is 0 Å². The Hall–Kier alpha value is -4.51. The van der Waals surface area contributed by atoms with E-state index in [0.29, 0.717) is 64.6 Å². The highest BCUT2D eigenvalue weighted by atomic mass is 35.5. The van der Waals surface area contributed by atoms with Crippen molar-refractivity contribution >= 4 is 53.2 Å². The highest BCUT2D eigenvalue weighted by Gasteiger charge is 2.37. The molecule has 346 valence electrons. The molecule has 2 amide bonds. The highest BCUT2D eigenvalue weighted by Crippen LogP contribution is 2.33. The van der Waals surface area contributed by atoms with Crippen LogP contribution in [0.4, 0.5) is 5.69 Å². The van der Waals surface area contributed by atoms with E-state index in [4.69, 9.17) is 30.5 Å². The van der Waals surface area contributed by atoms with Gasteiger partial charge in [0.05, 0.1) is 44.7 Å². The fraction of sp³-hybridized carbons (Fsp3) is 0.574. The Balaban J connectivity index is 0.000000580. The number of benzene rings is 2. The molecule has 2 aromatic rings. The van der Waals surface area contributed by atoms with Crippen molar-refractivity contribution in [2.45, 2.75) is 64.0 Å². The van der Waals surface area contributed by atoms with Crippen molar-refractivity contribution in [3.8, 4) is 5.75 Å². The SMILES string of the molecule is C=CCCC(C(=O)NC)N(C)C=O.Cc1ccc(N2CCN(CCOCCOCCOCCN3CCC(Oc4cccc(C(=O)C5C(=O)CCCC5=O)c4Cl)CC3)CC2)cc1C=O. The zero-order valence-corrected chi connectivity index (χ0v) is 38.0. The molecule has 5 rings (SSSR count). The number of nitrogens with one attached hydrogen (secondary N) is 1. The van der Waals surface area contributed by atoms with E-state index in [0.717, 1.165) is 94.7 Å². The molecule has 2 heterocycles. The number of carbonyl (C=O) groups excluding carboxylic acids is 6. The van der Waals surface area contributed by atoms with E-state index in [-0.39, 0.29) is 53.0 Å². The van der Waals surface area contributed by atoms with Gasteiger partial charge in [-0.15, -0.1) is 6.58 Å². The number of hydrogen-bond donors (Lipinski definition) is 1. The number of rotatable bonds is 24. The monoisotopic (exact) mass is 895 g/mol. The summed E-state index contributed by atoms with van der Waals surface area (Å²) in [6.45, 7) is 16.2. The van der Waals surface area contributed by atoms with Crippen molar-refractivity contribution in [2.24, 2.45) is 5.92 Å². The van der Waals surface area contributed by atoms with Crippen LogP contribution in [0, 0.1) is 12.8 Å². The number of carbonyl (C=O) groups is 6. The molecule has 16 heteroatoms. The number of likely N-dealkylation sites (tertiary alicyclic amines) is 1. The topological polar surface area (TPSA) is 164 Å². The van der Waals surface area contributed by atoms with Gasteiger partial charge in [-0.3, -0.25) is 33.7 Å². The van der Waals surface area contributed by atoms with E-state index in [1.54, 1.807) is 38.4 Å². The molecule has 3 aliphatic rings. The number of Topliss-reactive ketones (excluding diaryl/α,β-unsaturated/α-hetero) is 3. The molecule has 2 aliphatic heterocycles. The van der Waals surface area contributed by atoms with Gasteiger partial charge in [-0.2, -0.15) is 0 Å². The van der Waals surface area contributed by atoms with Crippen LogP contribution in [0.2, 0.25) is 5.02 Å². The summed E-state index contributed by atoms with van der Waals surface area (Å²) in [6.07, 6.45) is 7.20. The first-order valence-electron chi connectivity index (χ1n) is 22.0. The maximum atomic E-state index is 13.1. The van der Waals surface area contributed by atoms with E-state index in [1.165, 1.54) is 4.90 Å². The Bertz CT molecular complexity index is 1800. The fourth-order valence-corrected chi connectivity index (χ4v) is 7.98. The number of anilines is 1. The Labute approximate surface area is 377 Å². The third kappa shape index (κ3) is 16.2. The number of allylic oxidation sites excluding steroid dienone is 1. The smallest absolute Gasteiger partial charge is 0.242 e. The average molecular weight is 897 g/mol. The number of ketones is 3. The van der Waals surface area contributed by atoms with Crippen LogP contribution >= 0.6 is 11.6 Å². The summed E-state index contributed by atoms with van der Waals surface area (Å²) in [7, 11) is 3.15. The largest absolute Gasteiger partial charge is 0.489 e. The predicted molar refractivity (Wildman–Crippen MR) is 242 cm³/mol. The van der Waals surface area contributed by atoms with Crippen LogP contribution in [-0.2, 0) is 33.4 Å². The molecule has 0 radical (unpaired) electrons. The molecule has 1 N–H and O–H groups in total. The van der Waals surface area contributed by atoms with E-state index >= 15 is 0 Å². The second-order valence-electron chi connectivity index (χ2n) is 16.0. The van der Waals surface area contributed by atoms with Gasteiger partial charge in [0.25, 0.3) is 0 Å². The Morgan fingerprint density at radius 2 is 1.49 bits per heavy atom. The lowest BCUT2D eigenvalue weighted by Crippen LogP contribution is -2.47. The molecule has 3 fully saturated rings. The molecular formula is C47H66ClN5O10. The molecule has 0 bridgehead atoms. The first-order valence-corrected chi connectivity index (χ1v) is 22.4. The summed E-state index contributed by atoms with van der Waals surface area (Å²) in [6, 6.07) is 10.7. The number of nitrogens with zero attached hydrogens (tertiary/aromatic N) is 4. The van der Waals surface area contributed by atoms with Gasteiger partial charge in [0.1, 0.15) is 30.1 Å². The summed E-state index contributed by atoms with van der Waals surface area (Å²) < 4.78 is 23.4. The zero-order chi connectivity index (χ0) is 45.6. The van der Waals surface area contributed by atoms with E-state index in [2.05, 4.69) is 32.7 Å². The third-order valence-corrected chi connectivity index (χ3v) is 12.0. The van der Waals surface area contributed by atoms with Crippen LogP contribution in [0.1, 0.15) is 71.2 Å².